The van der Waals surface area contributed by atoms with Crippen molar-refractivity contribution in [2.75, 3.05) is 32.1 Å². The maximum absolute atomic E-state index is 6.26. The molecule has 0 radical (unpaired) electrons. The van der Waals surface area contributed by atoms with E-state index in [1.54, 1.807) is 0 Å². The molecule has 114 valence electrons. The summed E-state index contributed by atoms with van der Waals surface area (Å²) < 4.78 is 0. The lowest BCUT2D eigenvalue weighted by atomic mass is 9.91. The molecule has 0 bridgehead atoms. The van der Waals surface area contributed by atoms with Gasteiger partial charge in [0.25, 0.3) is 0 Å². The molecule has 0 spiro atoms. The van der Waals surface area contributed by atoms with Gasteiger partial charge in [-0.2, -0.15) is 0 Å². The topological polar surface area (TPSA) is 6.48 Å². The lowest BCUT2D eigenvalue weighted by Gasteiger charge is -2.41. The van der Waals surface area contributed by atoms with Gasteiger partial charge in [-0.15, -0.1) is 0 Å². The molecule has 4 heteroatoms. The van der Waals surface area contributed by atoms with E-state index in [4.69, 9.17) is 11.6 Å². The van der Waals surface area contributed by atoms with E-state index in [1.165, 1.54) is 26.7 Å². The summed E-state index contributed by atoms with van der Waals surface area (Å²) in [7, 11) is 4.31. The third-order valence-electron chi connectivity index (χ3n) is 4.36. The smallest absolute Gasteiger partial charge is 0.0585 e. The van der Waals surface area contributed by atoms with Crippen molar-refractivity contribution in [3.8, 4) is 0 Å². The highest BCUT2D eigenvalue weighted by Gasteiger charge is 2.32. The molecule has 2 aliphatic heterocycles. The van der Waals surface area contributed by atoms with Gasteiger partial charge in [0.05, 0.1) is 11.4 Å². The average molecular weight is 331 g/mol. The summed E-state index contributed by atoms with van der Waals surface area (Å²) >= 11 is 8.12. The molecule has 2 aliphatic rings. The average Bonchev–Trinajstić information content (AvgIpc) is 2.47. The third-order valence-corrected chi connectivity index (χ3v) is 5.71. The van der Waals surface area contributed by atoms with Gasteiger partial charge >= 0.3 is 0 Å². The van der Waals surface area contributed by atoms with Crippen molar-refractivity contribution in [3.63, 3.8) is 0 Å². The Morgan fingerprint density at radius 3 is 2.91 bits per heavy atom. The van der Waals surface area contributed by atoms with Gasteiger partial charge in [-0.05, 0) is 56.3 Å². The fourth-order valence-electron chi connectivity index (χ4n) is 3.61. The van der Waals surface area contributed by atoms with Crippen LogP contribution < -0.4 is 4.90 Å². The fraction of sp³-hybridized carbons (Fsp3) is 0.333. The zero-order valence-corrected chi connectivity index (χ0v) is 14.4. The van der Waals surface area contributed by atoms with Crippen LogP contribution in [0.3, 0.4) is 0 Å². The fourth-order valence-corrected chi connectivity index (χ4v) is 4.91. The maximum atomic E-state index is 6.26. The number of fused-ring (bicyclic) bond motifs is 2. The maximum Gasteiger partial charge on any atom is 0.0585 e. The Kier molecular flexibility index (Phi) is 3.60. The first kappa shape index (κ1) is 14.4. The van der Waals surface area contributed by atoms with Gasteiger partial charge in [-0.3, -0.25) is 0 Å². The Labute approximate surface area is 141 Å². The van der Waals surface area contributed by atoms with Crippen molar-refractivity contribution in [1.29, 1.82) is 0 Å². The molecule has 2 heterocycles. The van der Waals surface area contributed by atoms with Crippen LogP contribution in [-0.2, 0) is 6.42 Å². The Morgan fingerprint density at radius 1 is 1.23 bits per heavy atom. The zero-order valence-electron chi connectivity index (χ0n) is 12.8. The van der Waals surface area contributed by atoms with E-state index in [0.717, 1.165) is 24.5 Å². The normalized spacial score (nSPS) is 19.1. The number of benzene rings is 2. The molecule has 4 rings (SSSR count). The molecule has 1 unspecified atom stereocenters. The molecule has 0 amide bonds. The summed E-state index contributed by atoms with van der Waals surface area (Å²) in [4.78, 5) is 7.45. The van der Waals surface area contributed by atoms with E-state index in [-0.39, 0.29) is 0 Å². The van der Waals surface area contributed by atoms with Crippen LogP contribution in [0.15, 0.2) is 46.2 Å². The SMILES string of the molecule is CN(C)CC1Cc2cccc3c2N(C1)c1cc(Cl)ccc1S3. The minimum Gasteiger partial charge on any atom is -0.339 e. The molecule has 0 saturated carbocycles. The highest BCUT2D eigenvalue weighted by Crippen LogP contribution is 2.52. The lowest BCUT2D eigenvalue weighted by molar-refractivity contribution is 0.321. The second-order valence-corrected chi connectivity index (χ2v) is 7.94. The summed E-state index contributed by atoms with van der Waals surface area (Å²) in [5, 5.41) is 0.815. The van der Waals surface area contributed by atoms with E-state index in [0.29, 0.717) is 5.92 Å². The minimum absolute atomic E-state index is 0.646. The van der Waals surface area contributed by atoms with Crippen LogP contribution in [0.2, 0.25) is 5.02 Å². The van der Waals surface area contributed by atoms with E-state index in [9.17, 15) is 0 Å². The van der Waals surface area contributed by atoms with Crippen LogP contribution in [0, 0.1) is 5.92 Å². The van der Waals surface area contributed by atoms with Gasteiger partial charge in [0.2, 0.25) is 0 Å². The van der Waals surface area contributed by atoms with Crippen molar-refractivity contribution in [1.82, 2.24) is 4.90 Å². The summed E-state index contributed by atoms with van der Waals surface area (Å²) in [5.74, 6) is 0.646. The number of halogens is 1. The van der Waals surface area contributed by atoms with E-state index in [2.05, 4.69) is 54.2 Å². The summed E-state index contributed by atoms with van der Waals surface area (Å²) in [6.45, 7) is 2.18. The number of para-hydroxylation sites is 1. The molecule has 1 atom stereocenters. The predicted molar refractivity (Wildman–Crippen MR) is 94.8 cm³/mol. The van der Waals surface area contributed by atoms with Crippen molar-refractivity contribution in [3.05, 3.63) is 47.0 Å². The molecule has 0 saturated heterocycles. The first-order valence-corrected chi connectivity index (χ1v) is 8.83. The van der Waals surface area contributed by atoms with Gasteiger partial charge in [0.1, 0.15) is 0 Å². The molecule has 2 aromatic rings. The van der Waals surface area contributed by atoms with Gasteiger partial charge in [-0.1, -0.05) is 35.5 Å². The molecule has 2 nitrogen and oxygen atoms in total. The number of nitrogens with zero attached hydrogens (tertiary/aromatic N) is 2. The minimum atomic E-state index is 0.646. The van der Waals surface area contributed by atoms with Gasteiger partial charge in [0.15, 0.2) is 0 Å². The third kappa shape index (κ3) is 2.41. The van der Waals surface area contributed by atoms with Crippen molar-refractivity contribution in [2.45, 2.75) is 16.2 Å². The van der Waals surface area contributed by atoms with Crippen LogP contribution in [0.25, 0.3) is 0 Å². The molecule has 0 fully saturated rings. The van der Waals surface area contributed by atoms with E-state index < -0.39 is 0 Å². The molecule has 0 aliphatic carbocycles. The van der Waals surface area contributed by atoms with E-state index >= 15 is 0 Å². The van der Waals surface area contributed by atoms with Gasteiger partial charge in [-0.25, -0.2) is 0 Å². The van der Waals surface area contributed by atoms with Crippen LogP contribution >= 0.6 is 23.4 Å². The zero-order chi connectivity index (χ0) is 15.3. The molecule has 0 aromatic heterocycles. The summed E-state index contributed by atoms with van der Waals surface area (Å²) in [6, 6.07) is 13.0. The quantitative estimate of drug-likeness (QED) is 0.789. The second-order valence-electron chi connectivity index (χ2n) is 6.42. The molecular weight excluding hydrogens is 312 g/mol. The van der Waals surface area contributed by atoms with Crippen molar-refractivity contribution < 1.29 is 0 Å². The van der Waals surface area contributed by atoms with Crippen LogP contribution in [0.4, 0.5) is 11.4 Å². The highest BCUT2D eigenvalue weighted by molar-refractivity contribution is 7.99. The number of rotatable bonds is 2. The Bertz CT molecular complexity index is 729. The van der Waals surface area contributed by atoms with Crippen molar-refractivity contribution >= 4 is 34.7 Å². The summed E-state index contributed by atoms with van der Waals surface area (Å²) in [5.41, 5.74) is 4.13. The van der Waals surface area contributed by atoms with Crippen LogP contribution in [-0.4, -0.2) is 32.1 Å². The second kappa shape index (κ2) is 5.48. The van der Waals surface area contributed by atoms with Gasteiger partial charge < -0.3 is 9.80 Å². The Hall–Kier alpha value is -1.16. The molecule has 22 heavy (non-hydrogen) atoms. The Balaban J connectivity index is 1.82. The first-order chi connectivity index (χ1) is 10.6. The number of anilines is 2. The highest BCUT2D eigenvalue weighted by atomic mass is 35.5. The lowest BCUT2D eigenvalue weighted by Crippen LogP contribution is -2.38. The monoisotopic (exact) mass is 330 g/mol. The van der Waals surface area contributed by atoms with E-state index in [1.807, 2.05) is 17.8 Å². The number of hydrogen-bond donors (Lipinski definition) is 0. The molecule has 0 N–H and O–H groups in total. The predicted octanol–water partition coefficient (Wildman–Crippen LogP) is 4.68. The summed E-state index contributed by atoms with van der Waals surface area (Å²) in [6.07, 6.45) is 1.16. The first-order valence-electron chi connectivity index (χ1n) is 7.63. The van der Waals surface area contributed by atoms with Crippen LogP contribution in [0.5, 0.6) is 0 Å². The number of hydrogen-bond acceptors (Lipinski definition) is 3. The van der Waals surface area contributed by atoms with Crippen LogP contribution in [0.1, 0.15) is 5.56 Å². The van der Waals surface area contributed by atoms with Crippen molar-refractivity contribution in [2.24, 2.45) is 5.92 Å². The largest absolute Gasteiger partial charge is 0.339 e. The molecular formula is C18H19ClN2S. The Morgan fingerprint density at radius 2 is 2.09 bits per heavy atom. The standard InChI is InChI=1S/C18H19ClN2S/c1-20(2)10-12-8-13-4-3-5-17-18(13)21(11-12)15-9-14(19)6-7-16(15)22-17/h3-7,9,12H,8,10-11H2,1-2H3. The molecule has 2 aromatic carbocycles. The van der Waals surface area contributed by atoms with Gasteiger partial charge in [0, 0.05) is 27.9 Å².